The molecule has 0 bridgehead atoms. The van der Waals surface area contributed by atoms with Crippen LogP contribution < -0.4 is 4.74 Å². The van der Waals surface area contributed by atoms with Gasteiger partial charge in [0.1, 0.15) is 0 Å². The Labute approximate surface area is 97.5 Å². The first-order chi connectivity index (χ1) is 7.90. The number of hydrogen-bond acceptors (Lipinski definition) is 3. The van der Waals surface area contributed by atoms with Gasteiger partial charge in [-0.05, 0) is 19.1 Å². The molecule has 0 amide bonds. The molecule has 0 atom stereocenters. The van der Waals surface area contributed by atoms with Crippen LogP contribution in [0.15, 0.2) is 36.5 Å². The fourth-order valence-electron chi connectivity index (χ4n) is 1.89. The molecule has 0 fully saturated rings. The lowest BCUT2D eigenvalue weighted by atomic mass is 10.2. The molecule has 0 N–H and O–H groups in total. The van der Waals surface area contributed by atoms with Gasteiger partial charge in [0, 0.05) is 21.0 Å². The van der Waals surface area contributed by atoms with Gasteiger partial charge in [-0.1, -0.05) is 18.2 Å². The fourth-order valence-corrected chi connectivity index (χ4v) is 2.98. The standard InChI is InChI=1S/C13H11NOS/c1-2-15-13-12-9-5-3-4-6-10(9)16-11(12)7-8-14-13/h3-8H,2H2,1H3. The molecule has 80 valence electrons. The van der Waals surface area contributed by atoms with Gasteiger partial charge in [-0.15, -0.1) is 11.3 Å². The summed E-state index contributed by atoms with van der Waals surface area (Å²) in [6, 6.07) is 10.4. The van der Waals surface area contributed by atoms with Gasteiger partial charge in [-0.3, -0.25) is 0 Å². The summed E-state index contributed by atoms with van der Waals surface area (Å²) in [4.78, 5) is 4.30. The number of hydrogen-bond donors (Lipinski definition) is 0. The van der Waals surface area contributed by atoms with Gasteiger partial charge >= 0.3 is 0 Å². The summed E-state index contributed by atoms with van der Waals surface area (Å²) in [7, 11) is 0. The van der Waals surface area contributed by atoms with Crippen LogP contribution in [0.25, 0.3) is 20.2 Å². The third-order valence-electron chi connectivity index (χ3n) is 2.54. The monoisotopic (exact) mass is 229 g/mol. The summed E-state index contributed by atoms with van der Waals surface area (Å²) < 4.78 is 8.10. The van der Waals surface area contributed by atoms with E-state index in [9.17, 15) is 0 Å². The van der Waals surface area contributed by atoms with Gasteiger partial charge in [0.05, 0.1) is 12.0 Å². The highest BCUT2D eigenvalue weighted by molar-refractivity contribution is 7.25. The minimum Gasteiger partial charge on any atom is -0.477 e. The Morgan fingerprint density at radius 1 is 1.19 bits per heavy atom. The van der Waals surface area contributed by atoms with Crippen molar-refractivity contribution in [2.24, 2.45) is 0 Å². The number of thiophene rings is 1. The molecule has 0 aliphatic heterocycles. The quantitative estimate of drug-likeness (QED) is 0.666. The predicted molar refractivity (Wildman–Crippen MR) is 68.3 cm³/mol. The molecule has 0 radical (unpaired) electrons. The van der Waals surface area contributed by atoms with Crippen molar-refractivity contribution in [1.29, 1.82) is 0 Å². The lowest BCUT2D eigenvalue weighted by molar-refractivity contribution is 0.331. The lowest BCUT2D eigenvalue weighted by Gasteiger charge is -2.02. The summed E-state index contributed by atoms with van der Waals surface area (Å²) in [5, 5.41) is 2.38. The van der Waals surface area contributed by atoms with Crippen molar-refractivity contribution in [3.8, 4) is 5.88 Å². The van der Waals surface area contributed by atoms with Gasteiger partial charge < -0.3 is 4.74 Å². The average molecular weight is 229 g/mol. The molecule has 2 heterocycles. The minimum atomic E-state index is 0.649. The summed E-state index contributed by atoms with van der Waals surface area (Å²) in [5.74, 6) is 0.748. The third kappa shape index (κ3) is 1.36. The zero-order chi connectivity index (χ0) is 11.0. The van der Waals surface area contributed by atoms with Crippen LogP contribution >= 0.6 is 11.3 Å². The smallest absolute Gasteiger partial charge is 0.222 e. The highest BCUT2D eigenvalue weighted by Crippen LogP contribution is 2.37. The maximum absolute atomic E-state index is 5.58. The van der Waals surface area contributed by atoms with E-state index in [0.29, 0.717) is 6.61 Å². The molecule has 1 aromatic carbocycles. The Bertz CT molecular complexity index is 645. The minimum absolute atomic E-state index is 0.649. The first kappa shape index (κ1) is 9.60. The van der Waals surface area contributed by atoms with E-state index >= 15 is 0 Å². The van der Waals surface area contributed by atoms with Gasteiger partial charge in [0.15, 0.2) is 0 Å². The molecule has 2 nitrogen and oxygen atoms in total. The Kier molecular flexibility index (Phi) is 2.26. The highest BCUT2D eigenvalue weighted by Gasteiger charge is 2.10. The van der Waals surface area contributed by atoms with E-state index in [4.69, 9.17) is 4.74 Å². The van der Waals surface area contributed by atoms with Crippen LogP contribution in [-0.4, -0.2) is 11.6 Å². The highest BCUT2D eigenvalue weighted by atomic mass is 32.1. The predicted octanol–water partition coefficient (Wildman–Crippen LogP) is 3.85. The molecule has 0 spiro atoms. The third-order valence-corrected chi connectivity index (χ3v) is 3.67. The Morgan fingerprint density at radius 2 is 2.06 bits per heavy atom. The lowest BCUT2D eigenvalue weighted by Crippen LogP contribution is -1.93. The van der Waals surface area contributed by atoms with Crippen molar-refractivity contribution in [3.63, 3.8) is 0 Å². The molecule has 16 heavy (non-hydrogen) atoms. The van der Waals surface area contributed by atoms with E-state index in [1.165, 1.54) is 14.8 Å². The van der Waals surface area contributed by atoms with E-state index in [-0.39, 0.29) is 0 Å². The number of rotatable bonds is 2. The van der Waals surface area contributed by atoms with Crippen LogP contribution in [0.4, 0.5) is 0 Å². The van der Waals surface area contributed by atoms with Crippen LogP contribution in [0.1, 0.15) is 6.92 Å². The van der Waals surface area contributed by atoms with Crippen molar-refractivity contribution in [3.05, 3.63) is 36.5 Å². The topological polar surface area (TPSA) is 22.1 Å². The number of nitrogens with zero attached hydrogens (tertiary/aromatic N) is 1. The molecular weight excluding hydrogens is 218 g/mol. The van der Waals surface area contributed by atoms with Crippen molar-refractivity contribution < 1.29 is 4.74 Å². The molecule has 3 aromatic rings. The first-order valence-electron chi connectivity index (χ1n) is 5.29. The van der Waals surface area contributed by atoms with Gasteiger partial charge in [-0.25, -0.2) is 4.98 Å². The molecule has 0 saturated heterocycles. The number of benzene rings is 1. The van der Waals surface area contributed by atoms with Crippen molar-refractivity contribution in [2.45, 2.75) is 6.92 Å². The number of pyridine rings is 1. The van der Waals surface area contributed by atoms with Crippen molar-refractivity contribution in [2.75, 3.05) is 6.61 Å². The van der Waals surface area contributed by atoms with Crippen LogP contribution in [0.2, 0.25) is 0 Å². The van der Waals surface area contributed by atoms with Crippen LogP contribution in [0.5, 0.6) is 5.88 Å². The molecule has 3 heteroatoms. The summed E-state index contributed by atoms with van der Waals surface area (Å²) in [5.41, 5.74) is 0. The Morgan fingerprint density at radius 3 is 2.94 bits per heavy atom. The maximum atomic E-state index is 5.58. The second-order valence-corrected chi connectivity index (χ2v) is 4.60. The number of ether oxygens (including phenoxy) is 1. The molecule has 0 unspecified atom stereocenters. The maximum Gasteiger partial charge on any atom is 0.222 e. The molecule has 0 aliphatic carbocycles. The SMILES string of the molecule is CCOc1nccc2sc3ccccc3c12. The fraction of sp³-hybridized carbons (Fsp3) is 0.154. The first-order valence-corrected chi connectivity index (χ1v) is 6.11. The van der Waals surface area contributed by atoms with Crippen molar-refractivity contribution >= 4 is 31.5 Å². The molecule has 0 saturated carbocycles. The molecule has 0 aliphatic rings. The summed E-state index contributed by atoms with van der Waals surface area (Å²) >= 11 is 1.78. The van der Waals surface area contributed by atoms with E-state index in [1.807, 2.05) is 19.2 Å². The van der Waals surface area contributed by atoms with Gasteiger partial charge in [0.2, 0.25) is 5.88 Å². The molecular formula is C13H11NOS. The van der Waals surface area contributed by atoms with Gasteiger partial charge in [-0.2, -0.15) is 0 Å². The second-order valence-electron chi connectivity index (χ2n) is 3.52. The van der Waals surface area contributed by atoms with E-state index in [1.54, 1.807) is 11.3 Å². The molecule has 2 aromatic heterocycles. The molecule has 3 rings (SSSR count). The largest absolute Gasteiger partial charge is 0.477 e. The van der Waals surface area contributed by atoms with Crippen molar-refractivity contribution in [1.82, 2.24) is 4.98 Å². The van der Waals surface area contributed by atoms with E-state index in [0.717, 1.165) is 11.3 Å². The average Bonchev–Trinajstić information content (AvgIpc) is 2.68. The Balaban J connectivity index is 2.43. The zero-order valence-corrected chi connectivity index (χ0v) is 9.75. The second kappa shape index (κ2) is 3.76. The Hall–Kier alpha value is -1.61. The number of aromatic nitrogens is 1. The number of fused-ring (bicyclic) bond motifs is 3. The van der Waals surface area contributed by atoms with Crippen LogP contribution in [-0.2, 0) is 0 Å². The van der Waals surface area contributed by atoms with Crippen LogP contribution in [0.3, 0.4) is 0 Å². The van der Waals surface area contributed by atoms with E-state index < -0.39 is 0 Å². The van der Waals surface area contributed by atoms with Gasteiger partial charge in [0.25, 0.3) is 0 Å². The van der Waals surface area contributed by atoms with Crippen LogP contribution in [0, 0.1) is 0 Å². The zero-order valence-electron chi connectivity index (χ0n) is 8.93. The van der Waals surface area contributed by atoms with E-state index in [2.05, 4.69) is 29.2 Å². The summed E-state index contributed by atoms with van der Waals surface area (Å²) in [6.07, 6.45) is 1.81. The summed E-state index contributed by atoms with van der Waals surface area (Å²) in [6.45, 7) is 2.63. The normalized spacial score (nSPS) is 11.1.